The van der Waals surface area contributed by atoms with Crippen LogP contribution in [0.4, 0.5) is 0 Å². The van der Waals surface area contributed by atoms with Gasteiger partial charge >= 0.3 is 0 Å². The molecule has 0 saturated carbocycles. The second-order valence-electron chi connectivity index (χ2n) is 13.4. The summed E-state index contributed by atoms with van der Waals surface area (Å²) in [5.74, 6) is 1.32. The molecule has 2 aromatic carbocycles. The molecule has 2 N–H and O–H groups in total. The van der Waals surface area contributed by atoms with Crippen LogP contribution in [0.25, 0.3) is 55.8 Å². The van der Waals surface area contributed by atoms with Gasteiger partial charge in [-0.2, -0.15) is 10.2 Å². The average molecular weight is 835 g/mol. The van der Waals surface area contributed by atoms with Gasteiger partial charge in [0.25, 0.3) is 11.8 Å². The molecule has 8 rings (SSSR count). The number of ether oxygens (including phenoxy) is 2. The van der Waals surface area contributed by atoms with Gasteiger partial charge in [0.05, 0.1) is 37.7 Å². The van der Waals surface area contributed by atoms with Crippen molar-refractivity contribution in [2.45, 2.75) is 60.9 Å². The van der Waals surface area contributed by atoms with E-state index in [9.17, 15) is 9.59 Å². The lowest BCUT2D eigenvalue weighted by Gasteiger charge is -2.11. The molecule has 14 nitrogen and oxygen atoms in total. The van der Waals surface area contributed by atoms with Crippen molar-refractivity contribution >= 4 is 23.1 Å². The minimum absolute atomic E-state index is 0.108. The Morgan fingerprint density at radius 2 is 1.02 bits per heavy atom. The highest BCUT2D eigenvalue weighted by Crippen LogP contribution is 2.28. The smallest absolute Gasteiger partial charge is 0.253 e. The van der Waals surface area contributed by atoms with Crippen molar-refractivity contribution in [3.8, 4) is 56.0 Å². The standard InChI is InChI=1S/C23H23N5O2.C21H19N5O2.2C2H6/c1-4-15(2)27-23(29)18-9-17(10-24-11-18)21-13-26-28-14-19(12-25-22(21)28)16-5-7-20(30-3)8-6-16;1-3-23-21(27)16-8-15(9-22-10-16)19-12-25-26-13-17(11-24-20(19)26)14-4-6-18(28-2)7-5-14;2*1-2/h5-15H,4H2,1-3H3,(H,27,29);4-13H,3H2,1-2H3,(H,23,27);2*1-2H3. The van der Waals surface area contributed by atoms with Crippen LogP contribution in [0.1, 0.15) is 75.6 Å². The predicted octanol–water partition coefficient (Wildman–Crippen LogP) is 9.26. The van der Waals surface area contributed by atoms with Gasteiger partial charge in [0, 0.05) is 95.5 Å². The van der Waals surface area contributed by atoms with E-state index in [0.29, 0.717) is 29.0 Å². The van der Waals surface area contributed by atoms with Gasteiger partial charge in [-0.05, 0) is 67.8 Å². The molecule has 6 aromatic heterocycles. The Balaban J connectivity index is 0.000000217. The van der Waals surface area contributed by atoms with Crippen LogP contribution in [0.15, 0.2) is 123 Å². The summed E-state index contributed by atoms with van der Waals surface area (Å²) in [6.07, 6.45) is 18.4. The predicted molar refractivity (Wildman–Crippen MR) is 244 cm³/mol. The SMILES string of the molecule is CC.CC.CCC(C)NC(=O)c1cncc(-c2cnn3cc(-c4ccc(OC)cc4)cnc23)c1.CCNC(=O)c1cncc(-c2cnn3cc(-c4ccc(OC)cc4)cnc23)c1. The number of carbonyl (C=O) groups is 2. The molecule has 8 aromatic rings. The number of aromatic nitrogens is 8. The molecule has 0 fully saturated rings. The molecule has 0 aliphatic heterocycles. The van der Waals surface area contributed by atoms with E-state index in [1.807, 2.05) is 128 Å². The lowest BCUT2D eigenvalue weighted by molar-refractivity contribution is 0.0935. The number of nitrogens with zero attached hydrogens (tertiary/aromatic N) is 8. The molecule has 0 saturated heterocycles. The van der Waals surface area contributed by atoms with E-state index >= 15 is 0 Å². The maximum Gasteiger partial charge on any atom is 0.253 e. The third-order valence-corrected chi connectivity index (χ3v) is 9.51. The fourth-order valence-electron chi connectivity index (χ4n) is 6.12. The molecule has 62 heavy (non-hydrogen) atoms. The summed E-state index contributed by atoms with van der Waals surface area (Å²) in [5.41, 5.74) is 9.59. The Bertz CT molecular complexity index is 2690. The van der Waals surface area contributed by atoms with Crippen molar-refractivity contribution < 1.29 is 19.1 Å². The van der Waals surface area contributed by atoms with Crippen LogP contribution < -0.4 is 20.1 Å². The molecule has 6 heterocycles. The van der Waals surface area contributed by atoms with Crippen LogP contribution >= 0.6 is 0 Å². The average Bonchev–Trinajstić information content (AvgIpc) is 3.97. The number of nitrogens with one attached hydrogen (secondary N) is 2. The van der Waals surface area contributed by atoms with Crippen LogP contribution in [0.3, 0.4) is 0 Å². The third kappa shape index (κ3) is 10.8. The van der Waals surface area contributed by atoms with E-state index in [2.05, 4.69) is 40.8 Å². The lowest BCUT2D eigenvalue weighted by atomic mass is 10.1. The van der Waals surface area contributed by atoms with Crippen molar-refractivity contribution in [1.29, 1.82) is 0 Å². The first kappa shape index (κ1) is 45.6. The summed E-state index contributed by atoms with van der Waals surface area (Å²) in [4.78, 5) is 42.2. The van der Waals surface area contributed by atoms with E-state index in [0.717, 1.165) is 62.4 Å². The minimum Gasteiger partial charge on any atom is -0.497 e. The van der Waals surface area contributed by atoms with Gasteiger partial charge in [0.2, 0.25) is 0 Å². The van der Waals surface area contributed by atoms with Gasteiger partial charge < -0.3 is 20.1 Å². The number of benzene rings is 2. The molecule has 0 aliphatic rings. The van der Waals surface area contributed by atoms with Crippen LogP contribution in [0, 0.1) is 0 Å². The summed E-state index contributed by atoms with van der Waals surface area (Å²) in [6.45, 7) is 14.5. The molecule has 2 amide bonds. The monoisotopic (exact) mass is 834 g/mol. The Labute approximate surface area is 362 Å². The van der Waals surface area contributed by atoms with Crippen LogP contribution in [0.5, 0.6) is 11.5 Å². The largest absolute Gasteiger partial charge is 0.497 e. The minimum atomic E-state index is -0.150. The molecular weight excluding hydrogens is 781 g/mol. The second kappa shape index (κ2) is 22.2. The molecule has 1 atom stereocenters. The molecule has 0 radical (unpaired) electrons. The fourth-order valence-corrected chi connectivity index (χ4v) is 6.12. The zero-order chi connectivity index (χ0) is 44.6. The first-order valence-corrected chi connectivity index (χ1v) is 20.7. The number of methoxy groups -OCH3 is 2. The highest BCUT2D eigenvalue weighted by molar-refractivity contribution is 5.96. The summed E-state index contributed by atoms with van der Waals surface area (Å²) >= 11 is 0. The van der Waals surface area contributed by atoms with Crippen LogP contribution in [-0.4, -0.2) is 77.8 Å². The molecule has 0 spiro atoms. The first-order chi connectivity index (χ1) is 30.3. The van der Waals surface area contributed by atoms with Crippen molar-refractivity contribution in [1.82, 2.24) is 49.8 Å². The third-order valence-electron chi connectivity index (χ3n) is 9.51. The van der Waals surface area contributed by atoms with Gasteiger partial charge in [-0.25, -0.2) is 19.0 Å². The Hall–Kier alpha value is -7.48. The molecule has 320 valence electrons. The van der Waals surface area contributed by atoms with Crippen molar-refractivity contribution in [3.63, 3.8) is 0 Å². The number of rotatable bonds is 11. The Kier molecular flexibility index (Phi) is 16.3. The first-order valence-electron chi connectivity index (χ1n) is 20.7. The Morgan fingerprint density at radius 3 is 1.42 bits per heavy atom. The second-order valence-corrected chi connectivity index (χ2v) is 13.4. The van der Waals surface area contributed by atoms with Gasteiger partial charge in [-0.15, -0.1) is 0 Å². The van der Waals surface area contributed by atoms with Gasteiger partial charge in [-0.1, -0.05) is 58.9 Å². The Morgan fingerprint density at radius 1 is 0.581 bits per heavy atom. The van der Waals surface area contributed by atoms with Crippen molar-refractivity contribution in [3.05, 3.63) is 134 Å². The number of amides is 2. The van der Waals surface area contributed by atoms with E-state index in [1.165, 1.54) is 0 Å². The van der Waals surface area contributed by atoms with E-state index in [4.69, 9.17) is 9.47 Å². The van der Waals surface area contributed by atoms with E-state index in [-0.39, 0.29) is 17.9 Å². The maximum atomic E-state index is 12.5. The number of fused-ring (bicyclic) bond motifs is 2. The highest BCUT2D eigenvalue weighted by Gasteiger charge is 2.15. The normalized spacial score (nSPS) is 10.9. The maximum absolute atomic E-state index is 12.5. The fraction of sp³-hybridized carbons (Fsp3) is 0.250. The van der Waals surface area contributed by atoms with Gasteiger partial charge in [0.1, 0.15) is 11.5 Å². The van der Waals surface area contributed by atoms with Crippen molar-refractivity contribution in [2.24, 2.45) is 0 Å². The summed E-state index contributed by atoms with van der Waals surface area (Å²) in [5, 5.41) is 14.6. The number of hydrogen-bond donors (Lipinski definition) is 2. The zero-order valence-corrected chi connectivity index (χ0v) is 36.7. The lowest BCUT2D eigenvalue weighted by Crippen LogP contribution is -2.31. The zero-order valence-electron chi connectivity index (χ0n) is 36.7. The molecule has 0 bridgehead atoms. The molecular formula is C48H54N10O4. The quantitative estimate of drug-likeness (QED) is 0.128. The van der Waals surface area contributed by atoms with Crippen LogP contribution in [-0.2, 0) is 0 Å². The van der Waals surface area contributed by atoms with Gasteiger partial charge in [0.15, 0.2) is 11.3 Å². The molecule has 14 heteroatoms. The van der Waals surface area contributed by atoms with Gasteiger partial charge in [-0.3, -0.25) is 19.6 Å². The number of pyridine rings is 2. The highest BCUT2D eigenvalue weighted by atomic mass is 16.5. The summed E-state index contributed by atoms with van der Waals surface area (Å²) < 4.78 is 13.9. The summed E-state index contributed by atoms with van der Waals surface area (Å²) in [6, 6.07) is 19.3. The van der Waals surface area contributed by atoms with E-state index < -0.39 is 0 Å². The van der Waals surface area contributed by atoms with Crippen LogP contribution in [0.2, 0.25) is 0 Å². The molecule has 1 unspecified atom stereocenters. The summed E-state index contributed by atoms with van der Waals surface area (Å²) in [7, 11) is 3.29. The number of carbonyl (C=O) groups excluding carboxylic acids is 2. The topological polar surface area (TPSA) is 163 Å². The van der Waals surface area contributed by atoms with Crippen molar-refractivity contribution in [2.75, 3.05) is 20.8 Å². The van der Waals surface area contributed by atoms with E-state index in [1.54, 1.807) is 66.5 Å². The molecule has 0 aliphatic carbocycles. The number of hydrogen-bond acceptors (Lipinski definition) is 10.